The highest BCUT2D eigenvalue weighted by Crippen LogP contribution is 2.30. The molecule has 126 valence electrons. The van der Waals surface area contributed by atoms with E-state index in [1.807, 2.05) is 0 Å². The van der Waals surface area contributed by atoms with Gasteiger partial charge in [-0.25, -0.2) is 4.79 Å². The third-order valence-corrected chi connectivity index (χ3v) is 5.45. The molecule has 0 bridgehead atoms. The quantitative estimate of drug-likeness (QED) is 0.746. The van der Waals surface area contributed by atoms with Gasteiger partial charge in [-0.3, -0.25) is 4.79 Å². The van der Waals surface area contributed by atoms with Crippen molar-refractivity contribution in [3.05, 3.63) is 0 Å². The van der Waals surface area contributed by atoms with Gasteiger partial charge in [-0.2, -0.15) is 0 Å². The Morgan fingerprint density at radius 2 is 1.77 bits per heavy atom. The van der Waals surface area contributed by atoms with Crippen LogP contribution in [-0.4, -0.2) is 29.2 Å². The summed E-state index contributed by atoms with van der Waals surface area (Å²) in [4.78, 5) is 23.1. The lowest BCUT2D eigenvalue weighted by atomic mass is 9.79. The molecule has 0 spiro atoms. The molecule has 2 amide bonds. The molecule has 3 atom stereocenters. The van der Waals surface area contributed by atoms with Crippen LogP contribution in [0.2, 0.25) is 0 Å². The molecule has 5 nitrogen and oxygen atoms in total. The second-order valence-electron chi connectivity index (χ2n) is 7.33. The first-order valence-corrected chi connectivity index (χ1v) is 8.75. The molecule has 22 heavy (non-hydrogen) atoms. The van der Waals surface area contributed by atoms with Crippen molar-refractivity contribution in [3.63, 3.8) is 0 Å². The zero-order chi connectivity index (χ0) is 16.1. The van der Waals surface area contributed by atoms with Gasteiger partial charge in [0.2, 0.25) is 0 Å². The fourth-order valence-electron chi connectivity index (χ4n) is 3.97. The lowest BCUT2D eigenvalue weighted by molar-refractivity contribution is -0.142. The van der Waals surface area contributed by atoms with Gasteiger partial charge in [-0.15, -0.1) is 0 Å². The average molecular weight is 310 g/mol. The van der Waals surface area contributed by atoms with Crippen LogP contribution in [0.3, 0.4) is 0 Å². The van der Waals surface area contributed by atoms with Crippen molar-refractivity contribution in [2.24, 2.45) is 17.8 Å². The van der Waals surface area contributed by atoms with Crippen molar-refractivity contribution in [3.8, 4) is 0 Å². The van der Waals surface area contributed by atoms with Crippen molar-refractivity contribution in [1.82, 2.24) is 10.6 Å². The molecule has 0 aromatic rings. The Bertz CT molecular complexity index is 391. The van der Waals surface area contributed by atoms with Crippen LogP contribution in [0.25, 0.3) is 0 Å². The molecular weight excluding hydrogens is 280 g/mol. The van der Waals surface area contributed by atoms with E-state index in [1.165, 1.54) is 25.7 Å². The van der Waals surface area contributed by atoms with Crippen molar-refractivity contribution in [2.75, 3.05) is 0 Å². The maximum atomic E-state index is 12.1. The summed E-state index contributed by atoms with van der Waals surface area (Å²) in [5.41, 5.74) is 0. The normalized spacial score (nSPS) is 33.7. The predicted molar refractivity (Wildman–Crippen MR) is 85.6 cm³/mol. The van der Waals surface area contributed by atoms with E-state index < -0.39 is 5.97 Å². The van der Waals surface area contributed by atoms with Crippen LogP contribution >= 0.6 is 0 Å². The van der Waals surface area contributed by atoms with Crippen LogP contribution in [0, 0.1) is 17.8 Å². The van der Waals surface area contributed by atoms with Crippen molar-refractivity contribution >= 4 is 12.0 Å². The van der Waals surface area contributed by atoms with Gasteiger partial charge in [0.15, 0.2) is 0 Å². The SMILES string of the molecule is CC1CCCC([C@H](C)NC(=O)NC2CCC(C(=O)O)CC2)C1. The molecule has 0 aromatic heterocycles. The molecule has 2 unspecified atom stereocenters. The minimum atomic E-state index is -0.706. The summed E-state index contributed by atoms with van der Waals surface area (Å²) < 4.78 is 0. The third-order valence-electron chi connectivity index (χ3n) is 5.45. The number of rotatable bonds is 4. The molecule has 3 N–H and O–H groups in total. The molecule has 0 aromatic carbocycles. The topological polar surface area (TPSA) is 78.4 Å². The molecule has 2 fully saturated rings. The summed E-state index contributed by atoms with van der Waals surface area (Å²) in [6.07, 6.45) is 7.83. The van der Waals surface area contributed by atoms with E-state index in [4.69, 9.17) is 5.11 Å². The summed E-state index contributed by atoms with van der Waals surface area (Å²) in [6.45, 7) is 4.39. The number of amides is 2. The van der Waals surface area contributed by atoms with E-state index in [9.17, 15) is 9.59 Å². The van der Waals surface area contributed by atoms with Gasteiger partial charge in [0, 0.05) is 12.1 Å². The summed E-state index contributed by atoms with van der Waals surface area (Å²) in [6, 6.07) is 0.232. The second-order valence-corrected chi connectivity index (χ2v) is 7.33. The molecule has 2 aliphatic rings. The molecule has 0 saturated heterocycles. The summed E-state index contributed by atoms with van der Waals surface area (Å²) in [5.74, 6) is 0.404. The molecule has 2 aliphatic carbocycles. The van der Waals surface area contributed by atoms with Crippen molar-refractivity contribution in [1.29, 1.82) is 0 Å². The third kappa shape index (κ3) is 4.89. The van der Waals surface area contributed by atoms with Gasteiger partial charge in [-0.1, -0.05) is 19.8 Å². The van der Waals surface area contributed by atoms with Gasteiger partial charge in [0.25, 0.3) is 0 Å². The zero-order valence-corrected chi connectivity index (χ0v) is 13.8. The van der Waals surface area contributed by atoms with Crippen LogP contribution in [0.15, 0.2) is 0 Å². The monoisotopic (exact) mass is 310 g/mol. The van der Waals surface area contributed by atoms with E-state index >= 15 is 0 Å². The number of aliphatic carboxylic acids is 1. The Morgan fingerprint density at radius 1 is 1.09 bits per heavy atom. The van der Waals surface area contributed by atoms with E-state index in [2.05, 4.69) is 24.5 Å². The highest BCUT2D eigenvalue weighted by molar-refractivity contribution is 5.74. The number of urea groups is 1. The van der Waals surface area contributed by atoms with Crippen molar-refractivity contribution < 1.29 is 14.7 Å². The number of nitrogens with one attached hydrogen (secondary N) is 2. The molecule has 5 heteroatoms. The maximum absolute atomic E-state index is 12.1. The lowest BCUT2D eigenvalue weighted by Crippen LogP contribution is -2.49. The van der Waals surface area contributed by atoms with Gasteiger partial charge < -0.3 is 15.7 Å². The first kappa shape index (κ1) is 17.1. The van der Waals surface area contributed by atoms with Crippen LogP contribution in [0.5, 0.6) is 0 Å². The number of carbonyl (C=O) groups excluding carboxylic acids is 1. The smallest absolute Gasteiger partial charge is 0.315 e. The molecule has 0 aliphatic heterocycles. The minimum absolute atomic E-state index is 0.0931. The second kappa shape index (κ2) is 7.84. The number of hydrogen-bond acceptors (Lipinski definition) is 2. The number of carboxylic acids is 1. The predicted octanol–water partition coefficient (Wildman–Crippen LogP) is 3.14. The van der Waals surface area contributed by atoms with Gasteiger partial charge >= 0.3 is 12.0 Å². The van der Waals surface area contributed by atoms with E-state index in [1.54, 1.807) is 0 Å². The Balaban J connectivity index is 1.70. The molecule has 0 radical (unpaired) electrons. The minimum Gasteiger partial charge on any atom is -0.481 e. The van der Waals surface area contributed by atoms with Crippen LogP contribution in [-0.2, 0) is 4.79 Å². The Kier molecular flexibility index (Phi) is 6.09. The summed E-state index contributed by atoms with van der Waals surface area (Å²) in [7, 11) is 0. The summed E-state index contributed by atoms with van der Waals surface area (Å²) >= 11 is 0. The first-order chi connectivity index (χ1) is 10.5. The van der Waals surface area contributed by atoms with E-state index in [0.29, 0.717) is 18.8 Å². The lowest BCUT2D eigenvalue weighted by Gasteiger charge is -2.32. The average Bonchev–Trinajstić information content (AvgIpc) is 2.47. The van der Waals surface area contributed by atoms with Gasteiger partial charge in [-0.05, 0) is 57.3 Å². The number of hydrogen-bond donors (Lipinski definition) is 3. The Hall–Kier alpha value is -1.26. The molecule has 0 heterocycles. The van der Waals surface area contributed by atoms with E-state index in [-0.39, 0.29) is 24.0 Å². The van der Waals surface area contributed by atoms with Gasteiger partial charge in [0.1, 0.15) is 0 Å². The first-order valence-electron chi connectivity index (χ1n) is 8.75. The zero-order valence-electron chi connectivity index (χ0n) is 13.8. The highest BCUT2D eigenvalue weighted by atomic mass is 16.4. The van der Waals surface area contributed by atoms with Crippen LogP contribution in [0.1, 0.15) is 65.2 Å². The van der Waals surface area contributed by atoms with E-state index in [0.717, 1.165) is 18.8 Å². The molecule has 2 rings (SSSR count). The molecule has 2 saturated carbocycles. The number of carboxylic acid groups (broad SMARTS) is 1. The molecular formula is C17H30N2O3. The van der Waals surface area contributed by atoms with Crippen LogP contribution in [0.4, 0.5) is 4.79 Å². The van der Waals surface area contributed by atoms with Gasteiger partial charge in [0.05, 0.1) is 5.92 Å². The standard InChI is InChI=1S/C17H30N2O3/c1-11-4-3-5-14(10-11)12(2)18-17(22)19-15-8-6-13(7-9-15)16(20)21/h11-15H,3-10H2,1-2H3,(H,20,21)(H2,18,19,22)/t11?,12-,13?,14?,15?/m0/s1. The number of carbonyl (C=O) groups is 2. The largest absolute Gasteiger partial charge is 0.481 e. The van der Waals surface area contributed by atoms with Crippen molar-refractivity contribution in [2.45, 2.75) is 77.3 Å². The maximum Gasteiger partial charge on any atom is 0.315 e. The Morgan fingerprint density at radius 3 is 2.36 bits per heavy atom. The summed E-state index contributed by atoms with van der Waals surface area (Å²) in [5, 5.41) is 15.1. The highest BCUT2D eigenvalue weighted by Gasteiger charge is 2.28. The fourth-order valence-corrected chi connectivity index (χ4v) is 3.97. The Labute approximate surface area is 133 Å². The van der Waals surface area contributed by atoms with Crippen LogP contribution < -0.4 is 10.6 Å². The fraction of sp³-hybridized carbons (Fsp3) is 0.882.